The molecule has 0 radical (unpaired) electrons. The van der Waals surface area contributed by atoms with Crippen LogP contribution in [-0.2, 0) is 30.7 Å². The third kappa shape index (κ3) is 7.36. The predicted octanol–water partition coefficient (Wildman–Crippen LogP) is 6.06. The van der Waals surface area contributed by atoms with E-state index in [1.165, 1.54) is 11.1 Å². The summed E-state index contributed by atoms with van der Waals surface area (Å²) in [5.74, 6) is 1.54. The minimum absolute atomic E-state index is 0.00185. The van der Waals surface area contributed by atoms with E-state index in [0.717, 1.165) is 48.1 Å². The summed E-state index contributed by atoms with van der Waals surface area (Å²) in [5, 5.41) is 0. The van der Waals surface area contributed by atoms with Crippen LogP contribution in [0.1, 0.15) is 67.8 Å². The van der Waals surface area contributed by atoms with Gasteiger partial charge in [0.05, 0.1) is 54.9 Å². The summed E-state index contributed by atoms with van der Waals surface area (Å²) < 4.78 is 23.5. The average molecular weight is 742 g/mol. The SMILES string of the molecule is COc1cc2c(cc1OCCCCCOc1cc3c(cc1C)C(=O)N1Cc4ccccc4CC1C=N3)N=CC1Cc3ccc(OCC(N)=O)cc3CN1C2=O. The van der Waals surface area contributed by atoms with Gasteiger partial charge in [-0.15, -0.1) is 0 Å². The van der Waals surface area contributed by atoms with Crippen LogP contribution in [0.4, 0.5) is 11.4 Å². The fourth-order valence-corrected chi connectivity index (χ4v) is 7.69. The van der Waals surface area contributed by atoms with Crippen molar-refractivity contribution in [3.8, 4) is 23.0 Å². The van der Waals surface area contributed by atoms with Crippen molar-refractivity contribution in [3.63, 3.8) is 0 Å². The lowest BCUT2D eigenvalue weighted by Crippen LogP contribution is -2.44. The number of hydrogen-bond donors (Lipinski definition) is 1. The summed E-state index contributed by atoms with van der Waals surface area (Å²) in [6, 6.07) is 20.9. The molecule has 282 valence electrons. The van der Waals surface area contributed by atoms with Crippen LogP contribution >= 0.6 is 0 Å². The number of ether oxygens (including phenoxy) is 4. The average Bonchev–Trinajstić information content (AvgIpc) is 3.40. The van der Waals surface area contributed by atoms with Gasteiger partial charge in [0, 0.05) is 37.7 Å². The number of amides is 3. The number of carbonyl (C=O) groups excluding carboxylic acids is 3. The molecule has 0 spiro atoms. The van der Waals surface area contributed by atoms with Gasteiger partial charge in [-0.2, -0.15) is 0 Å². The first-order valence-electron chi connectivity index (χ1n) is 18.7. The van der Waals surface area contributed by atoms with Crippen molar-refractivity contribution in [3.05, 3.63) is 106 Å². The van der Waals surface area contributed by atoms with Gasteiger partial charge in [-0.3, -0.25) is 24.4 Å². The van der Waals surface area contributed by atoms with Crippen LogP contribution in [0.3, 0.4) is 0 Å². The number of fused-ring (bicyclic) bond motifs is 6. The summed E-state index contributed by atoms with van der Waals surface area (Å²) in [4.78, 5) is 51.8. The number of unbranched alkanes of at least 4 members (excludes halogenated alkanes) is 2. The van der Waals surface area contributed by atoms with E-state index >= 15 is 0 Å². The van der Waals surface area contributed by atoms with Gasteiger partial charge in [0.25, 0.3) is 17.7 Å². The highest BCUT2D eigenvalue weighted by Gasteiger charge is 2.35. The lowest BCUT2D eigenvalue weighted by atomic mass is 9.93. The number of aryl methyl sites for hydroxylation is 1. The number of nitrogens with two attached hydrogens (primary N) is 1. The van der Waals surface area contributed by atoms with E-state index in [2.05, 4.69) is 12.1 Å². The first-order chi connectivity index (χ1) is 26.7. The number of rotatable bonds is 12. The van der Waals surface area contributed by atoms with E-state index in [1.807, 2.05) is 66.7 Å². The molecule has 4 aromatic rings. The molecule has 2 atom stereocenters. The van der Waals surface area contributed by atoms with E-state index in [9.17, 15) is 14.4 Å². The smallest absolute Gasteiger partial charge is 0.257 e. The zero-order valence-electron chi connectivity index (χ0n) is 31.0. The van der Waals surface area contributed by atoms with E-state index in [0.29, 0.717) is 72.5 Å². The molecule has 3 amide bonds. The largest absolute Gasteiger partial charge is 0.493 e. The van der Waals surface area contributed by atoms with Gasteiger partial charge in [0.2, 0.25) is 0 Å². The van der Waals surface area contributed by atoms with Gasteiger partial charge in [-0.25, -0.2) is 0 Å². The Kier molecular flexibility index (Phi) is 9.96. The molecular weight excluding hydrogens is 699 g/mol. The molecule has 4 heterocycles. The van der Waals surface area contributed by atoms with Crippen LogP contribution in [0.25, 0.3) is 0 Å². The highest BCUT2D eigenvalue weighted by molar-refractivity contribution is 6.04. The fourth-order valence-electron chi connectivity index (χ4n) is 7.69. The molecule has 0 aromatic heterocycles. The Morgan fingerprint density at radius 1 is 0.709 bits per heavy atom. The molecule has 4 aromatic carbocycles. The molecule has 4 aliphatic heterocycles. The van der Waals surface area contributed by atoms with Crippen LogP contribution in [0.15, 0.2) is 76.7 Å². The van der Waals surface area contributed by atoms with E-state index < -0.39 is 5.91 Å². The molecule has 4 aliphatic rings. The molecular formula is C43H43N5O7. The van der Waals surface area contributed by atoms with Crippen LogP contribution in [0.2, 0.25) is 0 Å². The number of carbonyl (C=O) groups is 3. The van der Waals surface area contributed by atoms with Crippen molar-refractivity contribution < 1.29 is 33.3 Å². The van der Waals surface area contributed by atoms with Gasteiger partial charge in [0.15, 0.2) is 18.1 Å². The quantitative estimate of drug-likeness (QED) is 0.174. The number of benzene rings is 4. The first kappa shape index (κ1) is 35.8. The molecule has 12 nitrogen and oxygen atoms in total. The van der Waals surface area contributed by atoms with Crippen LogP contribution in [0.5, 0.6) is 23.0 Å². The fraction of sp³-hybridized carbons (Fsp3) is 0.326. The van der Waals surface area contributed by atoms with Gasteiger partial charge in [-0.1, -0.05) is 30.3 Å². The zero-order chi connectivity index (χ0) is 38.1. The topological polar surface area (TPSA) is 145 Å². The van der Waals surface area contributed by atoms with Crippen LogP contribution in [0, 0.1) is 6.92 Å². The molecule has 55 heavy (non-hydrogen) atoms. The Bertz CT molecular complexity index is 2230. The second kappa shape index (κ2) is 15.3. The van der Waals surface area contributed by atoms with Gasteiger partial charge < -0.3 is 34.5 Å². The third-order valence-corrected chi connectivity index (χ3v) is 10.7. The van der Waals surface area contributed by atoms with Gasteiger partial charge in [-0.05, 0) is 91.1 Å². The van der Waals surface area contributed by atoms with Crippen molar-refractivity contribution in [2.75, 3.05) is 26.9 Å². The molecule has 0 aliphatic carbocycles. The second-order valence-corrected chi connectivity index (χ2v) is 14.3. The Morgan fingerprint density at radius 3 is 1.98 bits per heavy atom. The first-order valence-corrected chi connectivity index (χ1v) is 18.7. The number of primary amides is 1. The highest BCUT2D eigenvalue weighted by atomic mass is 16.5. The monoisotopic (exact) mass is 741 g/mol. The summed E-state index contributed by atoms with van der Waals surface area (Å²) >= 11 is 0. The van der Waals surface area contributed by atoms with Gasteiger partial charge >= 0.3 is 0 Å². The maximum Gasteiger partial charge on any atom is 0.257 e. The summed E-state index contributed by atoms with van der Waals surface area (Å²) in [6.07, 6.45) is 7.55. The number of nitrogens with zero attached hydrogens (tertiary/aromatic N) is 4. The molecule has 0 saturated carbocycles. The Morgan fingerprint density at radius 2 is 1.31 bits per heavy atom. The van der Waals surface area contributed by atoms with Crippen molar-refractivity contribution in [2.45, 2.75) is 64.2 Å². The highest BCUT2D eigenvalue weighted by Crippen LogP contribution is 2.39. The van der Waals surface area contributed by atoms with Crippen LogP contribution < -0.4 is 24.7 Å². The van der Waals surface area contributed by atoms with Crippen molar-refractivity contribution in [1.29, 1.82) is 0 Å². The van der Waals surface area contributed by atoms with Crippen LogP contribution in [-0.4, -0.2) is 79.0 Å². The molecule has 0 fully saturated rings. The maximum absolute atomic E-state index is 13.9. The third-order valence-electron chi connectivity index (χ3n) is 10.7. The molecule has 2 N–H and O–H groups in total. The minimum Gasteiger partial charge on any atom is -0.493 e. The van der Waals surface area contributed by atoms with E-state index in [1.54, 1.807) is 24.1 Å². The lowest BCUT2D eigenvalue weighted by molar-refractivity contribution is -0.119. The summed E-state index contributed by atoms with van der Waals surface area (Å²) in [7, 11) is 1.55. The van der Waals surface area contributed by atoms with E-state index in [4.69, 9.17) is 34.7 Å². The molecule has 0 saturated heterocycles. The minimum atomic E-state index is -0.553. The van der Waals surface area contributed by atoms with Crippen molar-refractivity contribution in [1.82, 2.24) is 9.80 Å². The zero-order valence-corrected chi connectivity index (χ0v) is 31.0. The molecule has 12 heteroatoms. The number of hydrogen-bond acceptors (Lipinski definition) is 9. The number of methoxy groups -OCH3 is 1. The van der Waals surface area contributed by atoms with Crippen molar-refractivity contribution >= 4 is 41.5 Å². The Hall–Kier alpha value is -6.17. The molecule has 2 unspecified atom stereocenters. The predicted molar refractivity (Wildman–Crippen MR) is 208 cm³/mol. The molecule has 0 bridgehead atoms. The summed E-state index contributed by atoms with van der Waals surface area (Å²) in [5.41, 5.74) is 12.8. The maximum atomic E-state index is 13.9. The normalized spacial score (nSPS) is 17.8. The number of aliphatic imine (C=N–C) groups is 2. The van der Waals surface area contributed by atoms with Gasteiger partial charge in [0.1, 0.15) is 11.5 Å². The van der Waals surface area contributed by atoms with Crippen molar-refractivity contribution in [2.24, 2.45) is 15.7 Å². The van der Waals surface area contributed by atoms with E-state index in [-0.39, 0.29) is 30.5 Å². The summed E-state index contributed by atoms with van der Waals surface area (Å²) in [6.45, 7) is 3.67. The Balaban J connectivity index is 0.847. The standard InChI is InChI=1S/C43H43N5O7/c1-26-14-34-36(45-21-31-15-27-8-4-5-9-29(27)23-47(31)42(34)50)19-38(26)53-12-6-3-7-13-54-40-20-37-35(18-39(40)52-2)43(51)48-24-30-17-33(55-25-41(44)49)11-10-28(30)16-32(48)22-46-37/h4-5,8-11,14,17-22,31-32H,3,6-7,12-13,15-16,23-25H2,1-2H3,(H2,44,49). The lowest BCUT2D eigenvalue weighted by Gasteiger charge is -2.34. The molecule has 8 rings (SSSR count). The second-order valence-electron chi connectivity index (χ2n) is 14.3. The Labute approximate surface area is 319 Å².